The number of piperidine rings is 1. The molecule has 4 rings (SSSR count). The highest BCUT2D eigenvalue weighted by Gasteiger charge is 2.44. The van der Waals surface area contributed by atoms with E-state index < -0.39 is 5.41 Å². The number of aromatic nitrogens is 2. The van der Waals surface area contributed by atoms with E-state index in [9.17, 15) is 9.59 Å². The molecule has 1 aromatic carbocycles. The van der Waals surface area contributed by atoms with Gasteiger partial charge in [0.2, 0.25) is 5.91 Å². The molecule has 31 heavy (non-hydrogen) atoms. The smallest absolute Gasteiger partial charge is 0.274 e. The quantitative estimate of drug-likeness (QED) is 0.640. The summed E-state index contributed by atoms with van der Waals surface area (Å²) in [4.78, 5) is 29.5. The van der Waals surface area contributed by atoms with Gasteiger partial charge in [-0.1, -0.05) is 30.3 Å². The van der Waals surface area contributed by atoms with E-state index in [1.54, 1.807) is 40.2 Å². The molecule has 2 aromatic heterocycles. The van der Waals surface area contributed by atoms with E-state index in [1.807, 2.05) is 25.1 Å². The molecule has 7 heteroatoms. The van der Waals surface area contributed by atoms with E-state index >= 15 is 0 Å². The molecule has 2 amide bonds. The number of nitrogens with zero attached hydrogens (tertiary/aromatic N) is 3. The van der Waals surface area contributed by atoms with Crippen molar-refractivity contribution in [1.82, 2.24) is 20.0 Å². The van der Waals surface area contributed by atoms with Gasteiger partial charge >= 0.3 is 0 Å². The van der Waals surface area contributed by atoms with Gasteiger partial charge in [0.1, 0.15) is 5.69 Å². The first-order chi connectivity index (χ1) is 15.0. The van der Waals surface area contributed by atoms with Gasteiger partial charge in [0, 0.05) is 37.8 Å². The van der Waals surface area contributed by atoms with Crippen LogP contribution in [-0.4, -0.2) is 46.1 Å². The van der Waals surface area contributed by atoms with Crippen molar-refractivity contribution >= 4 is 23.2 Å². The van der Waals surface area contributed by atoms with E-state index in [2.05, 4.69) is 34.0 Å². The van der Waals surface area contributed by atoms with Gasteiger partial charge in [0.15, 0.2) is 0 Å². The molecule has 3 aromatic rings. The van der Waals surface area contributed by atoms with Gasteiger partial charge in [-0.25, -0.2) is 0 Å². The van der Waals surface area contributed by atoms with Gasteiger partial charge in [0.25, 0.3) is 5.91 Å². The minimum Gasteiger partial charge on any atom is -0.356 e. The molecule has 1 atom stereocenters. The summed E-state index contributed by atoms with van der Waals surface area (Å²) in [6.45, 7) is 3.54. The average Bonchev–Trinajstić information content (AvgIpc) is 3.46. The van der Waals surface area contributed by atoms with Crippen molar-refractivity contribution in [2.24, 2.45) is 12.5 Å². The molecule has 3 heterocycles. The predicted octanol–water partition coefficient (Wildman–Crippen LogP) is 3.75. The number of rotatable bonds is 6. The molecule has 0 spiro atoms. The van der Waals surface area contributed by atoms with Gasteiger partial charge in [-0.2, -0.15) is 5.10 Å². The summed E-state index contributed by atoms with van der Waals surface area (Å²) in [6, 6.07) is 14.2. The van der Waals surface area contributed by atoms with Crippen LogP contribution in [0.2, 0.25) is 0 Å². The Hall–Kier alpha value is -2.93. The van der Waals surface area contributed by atoms with Gasteiger partial charge < -0.3 is 10.2 Å². The number of carbonyl (C=O) groups excluding carboxylic acids is 2. The number of amides is 2. The molecule has 0 bridgehead atoms. The number of likely N-dealkylation sites (tertiary alicyclic amines) is 1. The summed E-state index contributed by atoms with van der Waals surface area (Å²) in [5.74, 6) is -0.0879. The lowest BCUT2D eigenvalue weighted by Gasteiger charge is -2.42. The van der Waals surface area contributed by atoms with Crippen LogP contribution >= 0.6 is 11.3 Å². The second-order valence-corrected chi connectivity index (χ2v) is 9.10. The van der Waals surface area contributed by atoms with E-state index in [4.69, 9.17) is 0 Å². The summed E-state index contributed by atoms with van der Waals surface area (Å²) in [7, 11) is 1.80. The molecule has 1 saturated heterocycles. The third-order valence-corrected chi connectivity index (χ3v) is 6.85. The maximum absolute atomic E-state index is 13.4. The molecule has 1 N–H and O–H groups in total. The second kappa shape index (κ2) is 9.06. The Kier molecular flexibility index (Phi) is 6.23. The van der Waals surface area contributed by atoms with Crippen molar-refractivity contribution in [3.8, 4) is 10.4 Å². The normalized spacial score (nSPS) is 18.7. The summed E-state index contributed by atoms with van der Waals surface area (Å²) < 4.78 is 1.63. The Bertz CT molecular complexity index is 1060. The monoisotopic (exact) mass is 436 g/mol. The first kappa shape index (κ1) is 21.3. The number of benzene rings is 1. The number of hydrogen-bond acceptors (Lipinski definition) is 4. The summed E-state index contributed by atoms with van der Waals surface area (Å²) >= 11 is 1.70. The Morgan fingerprint density at radius 2 is 2.03 bits per heavy atom. The second-order valence-electron chi connectivity index (χ2n) is 8.16. The minimum absolute atomic E-state index is 0.0227. The van der Waals surface area contributed by atoms with Crippen LogP contribution in [0.3, 0.4) is 0 Å². The van der Waals surface area contributed by atoms with E-state index in [0.717, 1.165) is 24.0 Å². The molecule has 0 unspecified atom stereocenters. The molecule has 162 valence electrons. The van der Waals surface area contributed by atoms with Gasteiger partial charge in [-0.05, 0) is 54.8 Å². The Balaban J connectivity index is 1.67. The molecule has 1 fully saturated rings. The van der Waals surface area contributed by atoms with E-state index in [1.165, 1.54) is 4.88 Å². The minimum atomic E-state index is -0.661. The maximum Gasteiger partial charge on any atom is 0.274 e. The first-order valence-corrected chi connectivity index (χ1v) is 11.6. The number of thiophene rings is 1. The summed E-state index contributed by atoms with van der Waals surface area (Å²) in [5, 5.41) is 9.38. The number of hydrogen-bond donors (Lipinski definition) is 1. The molecule has 0 saturated carbocycles. The fraction of sp³-hybridized carbons (Fsp3) is 0.375. The first-order valence-electron chi connectivity index (χ1n) is 10.7. The van der Waals surface area contributed by atoms with Crippen molar-refractivity contribution in [3.63, 3.8) is 0 Å². The number of aryl methyl sites for hydroxylation is 1. The van der Waals surface area contributed by atoms with E-state index in [0.29, 0.717) is 31.7 Å². The molecule has 0 radical (unpaired) electrons. The molecule has 6 nitrogen and oxygen atoms in total. The van der Waals surface area contributed by atoms with Crippen LogP contribution in [0.25, 0.3) is 10.4 Å². The van der Waals surface area contributed by atoms with Gasteiger partial charge in [-0.3, -0.25) is 14.3 Å². The zero-order valence-corrected chi connectivity index (χ0v) is 18.8. The molecular formula is C24H28N4O2S. The fourth-order valence-electron chi connectivity index (χ4n) is 4.47. The lowest BCUT2D eigenvalue weighted by molar-refractivity contribution is -0.133. The summed E-state index contributed by atoms with van der Waals surface area (Å²) in [5.41, 5.74) is 2.07. The highest BCUT2D eigenvalue weighted by atomic mass is 32.1. The van der Waals surface area contributed by atoms with Crippen LogP contribution in [0.4, 0.5) is 0 Å². The Morgan fingerprint density at radius 1 is 1.19 bits per heavy atom. The lowest BCUT2D eigenvalue weighted by Crippen LogP contribution is -2.54. The third-order valence-electron chi connectivity index (χ3n) is 5.95. The number of nitrogens with one attached hydrogen (secondary N) is 1. The van der Waals surface area contributed by atoms with Crippen LogP contribution in [0.15, 0.2) is 54.0 Å². The van der Waals surface area contributed by atoms with Crippen molar-refractivity contribution in [3.05, 3.63) is 65.3 Å². The van der Waals surface area contributed by atoms with E-state index in [-0.39, 0.29) is 11.8 Å². The molecule has 1 aliphatic heterocycles. The van der Waals surface area contributed by atoms with Gasteiger partial charge in [-0.15, -0.1) is 11.3 Å². The maximum atomic E-state index is 13.4. The SMILES string of the molecule is CCNC(=O)[C@]1(Cc2ccccc2-c2cccs2)CCCN(C(=O)c2ccn(C)n2)C1. The summed E-state index contributed by atoms with van der Waals surface area (Å²) in [6.07, 6.45) is 3.91. The topological polar surface area (TPSA) is 67.2 Å². The van der Waals surface area contributed by atoms with Crippen molar-refractivity contribution in [1.29, 1.82) is 0 Å². The lowest BCUT2D eigenvalue weighted by atomic mass is 9.73. The van der Waals surface area contributed by atoms with Crippen LogP contribution in [0.5, 0.6) is 0 Å². The Labute approximate surface area is 186 Å². The standard InChI is InChI=1S/C24H28N4O2S/c1-3-25-23(30)24(16-18-8-4-5-9-19(18)21-10-6-15-31-21)12-7-13-28(17-24)22(29)20-11-14-27(2)26-20/h4-6,8-11,14-15H,3,7,12-13,16-17H2,1-2H3,(H,25,30)/t24-/m0/s1. The zero-order valence-electron chi connectivity index (χ0n) is 18.0. The van der Waals surface area contributed by atoms with Crippen LogP contribution in [-0.2, 0) is 18.3 Å². The predicted molar refractivity (Wildman–Crippen MR) is 123 cm³/mol. The third kappa shape index (κ3) is 4.42. The van der Waals surface area contributed by atoms with Crippen molar-refractivity contribution < 1.29 is 9.59 Å². The highest BCUT2D eigenvalue weighted by molar-refractivity contribution is 7.13. The Morgan fingerprint density at radius 3 is 2.74 bits per heavy atom. The number of carbonyl (C=O) groups is 2. The molecule has 1 aliphatic rings. The molecule has 0 aliphatic carbocycles. The average molecular weight is 437 g/mol. The van der Waals surface area contributed by atoms with Crippen LogP contribution in [0.1, 0.15) is 35.8 Å². The molecular weight excluding hydrogens is 408 g/mol. The highest BCUT2D eigenvalue weighted by Crippen LogP contribution is 2.38. The van der Waals surface area contributed by atoms with Crippen molar-refractivity contribution in [2.45, 2.75) is 26.2 Å². The largest absolute Gasteiger partial charge is 0.356 e. The van der Waals surface area contributed by atoms with Crippen LogP contribution in [0, 0.1) is 5.41 Å². The zero-order chi connectivity index (χ0) is 21.8. The van der Waals surface area contributed by atoms with Crippen molar-refractivity contribution in [2.75, 3.05) is 19.6 Å². The van der Waals surface area contributed by atoms with Gasteiger partial charge in [0.05, 0.1) is 5.41 Å². The fourth-order valence-corrected chi connectivity index (χ4v) is 5.25. The van der Waals surface area contributed by atoms with Crippen LogP contribution < -0.4 is 5.32 Å².